The average molecular weight is 448 g/mol. The van der Waals surface area contributed by atoms with E-state index in [4.69, 9.17) is 4.74 Å². The molecule has 0 saturated carbocycles. The van der Waals surface area contributed by atoms with Crippen molar-refractivity contribution in [2.24, 2.45) is 11.8 Å². The zero-order chi connectivity index (χ0) is 22.3. The molecule has 1 aromatic carbocycles. The minimum atomic E-state index is -0.742. The fraction of sp³-hybridized carbons (Fsp3) is 0.591. The van der Waals surface area contributed by atoms with Crippen LogP contribution in [-0.4, -0.2) is 70.6 Å². The number of ether oxygens (including phenoxy) is 1. The smallest absolute Gasteiger partial charge is 0.248 e. The fourth-order valence-electron chi connectivity index (χ4n) is 5.55. The third-order valence-electron chi connectivity index (χ3n) is 6.97. The molecule has 3 fully saturated rings. The number of thioether (sulfide) groups is 1. The lowest BCUT2D eigenvalue weighted by atomic mass is 9.70. The number of methoxy groups -OCH3 is 1. The van der Waals surface area contributed by atoms with Crippen LogP contribution in [0.1, 0.15) is 26.2 Å². The summed E-state index contributed by atoms with van der Waals surface area (Å²) < 4.78 is 4.52. The van der Waals surface area contributed by atoms with Gasteiger partial charge in [0.25, 0.3) is 0 Å². The van der Waals surface area contributed by atoms with Crippen molar-refractivity contribution in [1.29, 1.82) is 0 Å². The van der Waals surface area contributed by atoms with Gasteiger partial charge in [-0.2, -0.15) is 0 Å². The molecule has 8 nitrogen and oxygen atoms in total. The number of benzene rings is 1. The number of likely N-dealkylation sites (tertiary alicyclic amines) is 1. The van der Waals surface area contributed by atoms with Gasteiger partial charge in [0.2, 0.25) is 17.7 Å². The number of nitrogens with one attached hydrogen (secondary N) is 2. The molecule has 168 valence electrons. The minimum Gasteiger partial charge on any atom is -0.497 e. The third-order valence-corrected chi connectivity index (χ3v) is 8.92. The summed E-state index contributed by atoms with van der Waals surface area (Å²) in [5.41, 5.74) is 0.607. The zero-order valence-electron chi connectivity index (χ0n) is 18.0. The van der Waals surface area contributed by atoms with Crippen LogP contribution in [0.3, 0.4) is 0 Å². The molecule has 1 spiro atoms. The predicted molar refractivity (Wildman–Crippen MR) is 118 cm³/mol. The van der Waals surface area contributed by atoms with Crippen LogP contribution in [0.15, 0.2) is 24.3 Å². The number of hydrogen-bond acceptors (Lipinski definition) is 6. The van der Waals surface area contributed by atoms with E-state index in [1.54, 1.807) is 55.1 Å². The number of rotatable bonds is 7. The number of aliphatic hydroxyl groups excluding tert-OH is 1. The van der Waals surface area contributed by atoms with Gasteiger partial charge in [0.1, 0.15) is 11.8 Å². The van der Waals surface area contributed by atoms with Crippen LogP contribution in [-0.2, 0) is 14.4 Å². The summed E-state index contributed by atoms with van der Waals surface area (Å²) in [4.78, 5) is 41.5. The van der Waals surface area contributed by atoms with Crippen LogP contribution < -0.4 is 15.4 Å². The lowest BCUT2D eigenvalue weighted by molar-refractivity contribution is -0.142. The topological polar surface area (TPSA) is 108 Å². The molecule has 6 atom stereocenters. The first-order chi connectivity index (χ1) is 14.9. The summed E-state index contributed by atoms with van der Waals surface area (Å²) in [6.07, 6.45) is 2.02. The van der Waals surface area contributed by atoms with Crippen molar-refractivity contribution in [3.8, 4) is 5.75 Å². The number of fused-ring (bicyclic) bond motifs is 1. The van der Waals surface area contributed by atoms with E-state index in [9.17, 15) is 19.5 Å². The quantitative estimate of drug-likeness (QED) is 0.581. The van der Waals surface area contributed by atoms with Gasteiger partial charge in [-0.25, -0.2) is 0 Å². The molecule has 0 radical (unpaired) electrons. The molecular weight excluding hydrogens is 418 g/mol. The fourth-order valence-corrected chi connectivity index (χ4v) is 7.76. The van der Waals surface area contributed by atoms with Crippen molar-refractivity contribution >= 4 is 35.2 Å². The van der Waals surface area contributed by atoms with Crippen LogP contribution in [0.25, 0.3) is 0 Å². The first-order valence-electron chi connectivity index (χ1n) is 10.7. The van der Waals surface area contributed by atoms with Gasteiger partial charge in [-0.3, -0.25) is 14.4 Å². The highest BCUT2D eigenvalue weighted by atomic mass is 32.2. The normalized spacial score (nSPS) is 32.0. The number of carbonyl (C=O) groups is 3. The Morgan fingerprint density at radius 2 is 2.03 bits per heavy atom. The van der Waals surface area contributed by atoms with Gasteiger partial charge in [0, 0.05) is 18.0 Å². The number of nitrogens with zero attached hydrogens (tertiary/aromatic N) is 1. The highest BCUT2D eigenvalue weighted by Gasteiger charge is 2.74. The van der Waals surface area contributed by atoms with Gasteiger partial charge < -0.3 is 25.4 Å². The third kappa shape index (κ3) is 3.29. The van der Waals surface area contributed by atoms with Gasteiger partial charge in [-0.1, -0.05) is 6.92 Å². The van der Waals surface area contributed by atoms with Crippen molar-refractivity contribution in [3.63, 3.8) is 0 Å². The SMILES string of the molecule is CC[C@@H](CO)N1C(=O)[C@@H]2[C@H](C(=O)NC)[C@@H]3CCC2(S3)C1C(=O)Nc1ccc(OC)cc1. The van der Waals surface area contributed by atoms with Crippen LogP contribution >= 0.6 is 11.8 Å². The van der Waals surface area contributed by atoms with E-state index in [2.05, 4.69) is 10.6 Å². The van der Waals surface area contributed by atoms with E-state index in [-0.39, 0.29) is 29.6 Å². The minimum absolute atomic E-state index is 0.0292. The average Bonchev–Trinajstić information content (AvgIpc) is 3.42. The molecular formula is C22H29N3O5S. The maximum Gasteiger partial charge on any atom is 0.248 e. The second kappa shape index (κ2) is 8.35. The second-order valence-electron chi connectivity index (χ2n) is 8.38. The summed E-state index contributed by atoms with van der Waals surface area (Å²) in [5, 5.41) is 15.7. The molecule has 0 aromatic heterocycles. The Morgan fingerprint density at radius 3 is 2.61 bits per heavy atom. The van der Waals surface area contributed by atoms with Gasteiger partial charge in [-0.15, -0.1) is 11.8 Å². The molecule has 3 aliphatic heterocycles. The number of anilines is 1. The summed E-state index contributed by atoms with van der Waals surface area (Å²) in [6, 6.07) is 5.81. The number of hydrogen-bond donors (Lipinski definition) is 3. The first-order valence-corrected chi connectivity index (χ1v) is 11.6. The second-order valence-corrected chi connectivity index (χ2v) is 9.98. The monoisotopic (exact) mass is 447 g/mol. The Morgan fingerprint density at radius 1 is 1.32 bits per heavy atom. The maximum absolute atomic E-state index is 13.6. The standard InChI is InChI=1S/C22H29N3O5S/c1-4-13(11-26)25-18(20(28)24-12-5-7-14(30-3)8-6-12)22-10-9-15(31-22)16(19(27)23-2)17(22)21(25)29/h5-8,13,15-18,26H,4,9-11H2,1-3H3,(H,23,27)(H,24,28)/t13-,15-,16+,17-,18?,22?/m0/s1. The summed E-state index contributed by atoms with van der Waals surface area (Å²) >= 11 is 1.61. The molecule has 0 aliphatic carbocycles. The van der Waals surface area contributed by atoms with Crippen LogP contribution in [0.2, 0.25) is 0 Å². The summed E-state index contributed by atoms with van der Waals surface area (Å²) in [7, 11) is 3.16. The van der Waals surface area contributed by atoms with E-state index in [0.29, 0.717) is 24.3 Å². The predicted octanol–water partition coefficient (Wildman–Crippen LogP) is 1.24. The molecule has 4 rings (SSSR count). The van der Waals surface area contributed by atoms with Crippen LogP contribution in [0.5, 0.6) is 5.75 Å². The summed E-state index contributed by atoms with van der Waals surface area (Å²) in [5.74, 6) is -0.945. The Labute approximate surface area is 186 Å². The molecule has 31 heavy (non-hydrogen) atoms. The number of amides is 3. The molecule has 3 saturated heterocycles. The molecule has 1 aromatic rings. The highest BCUT2D eigenvalue weighted by Crippen LogP contribution is 2.66. The number of aliphatic hydroxyl groups is 1. The molecule has 3 heterocycles. The van der Waals surface area contributed by atoms with E-state index in [0.717, 1.165) is 6.42 Å². The van der Waals surface area contributed by atoms with Crippen LogP contribution in [0, 0.1) is 11.8 Å². The van der Waals surface area contributed by atoms with Gasteiger partial charge in [0.15, 0.2) is 0 Å². The molecule has 2 bridgehead atoms. The Bertz CT molecular complexity index is 874. The van der Waals surface area contributed by atoms with Gasteiger partial charge in [0.05, 0.1) is 36.3 Å². The van der Waals surface area contributed by atoms with Gasteiger partial charge >= 0.3 is 0 Å². The Kier molecular flexibility index (Phi) is 5.91. The lowest BCUT2D eigenvalue weighted by Gasteiger charge is -2.36. The zero-order valence-corrected chi connectivity index (χ0v) is 18.8. The molecule has 3 N–H and O–H groups in total. The van der Waals surface area contributed by atoms with Gasteiger partial charge in [-0.05, 0) is 43.5 Å². The van der Waals surface area contributed by atoms with Crippen molar-refractivity contribution in [1.82, 2.24) is 10.2 Å². The molecule has 3 amide bonds. The van der Waals surface area contributed by atoms with Crippen molar-refractivity contribution < 1.29 is 24.2 Å². The maximum atomic E-state index is 13.6. The van der Waals surface area contributed by atoms with Crippen molar-refractivity contribution in [3.05, 3.63) is 24.3 Å². The largest absolute Gasteiger partial charge is 0.497 e. The number of carbonyl (C=O) groups excluding carboxylic acids is 3. The highest BCUT2D eigenvalue weighted by molar-refractivity contribution is 8.02. The van der Waals surface area contributed by atoms with E-state index in [1.165, 1.54) is 0 Å². The van der Waals surface area contributed by atoms with E-state index >= 15 is 0 Å². The molecule has 2 unspecified atom stereocenters. The first kappa shape index (κ1) is 22.0. The summed E-state index contributed by atoms with van der Waals surface area (Å²) in [6.45, 7) is 1.66. The van der Waals surface area contributed by atoms with Crippen molar-refractivity contribution in [2.45, 2.75) is 48.3 Å². The van der Waals surface area contributed by atoms with E-state index in [1.807, 2.05) is 6.92 Å². The van der Waals surface area contributed by atoms with Crippen molar-refractivity contribution in [2.75, 3.05) is 26.1 Å². The van der Waals surface area contributed by atoms with Crippen LogP contribution in [0.4, 0.5) is 5.69 Å². The van der Waals surface area contributed by atoms with E-state index < -0.39 is 28.7 Å². The lowest BCUT2D eigenvalue weighted by Crippen LogP contribution is -2.54. The molecule has 3 aliphatic rings. The Hall–Kier alpha value is -2.26. The molecule has 9 heteroatoms. The Balaban J connectivity index is 1.71.